The minimum Gasteiger partial charge on any atom is -0.490 e. The lowest BCUT2D eigenvalue weighted by Crippen LogP contribution is -2.14. The first-order chi connectivity index (χ1) is 9.36. The molecule has 0 unspecified atom stereocenters. The number of ether oxygens (including phenoxy) is 1. The fourth-order valence-corrected chi connectivity index (χ4v) is 1.99. The van der Waals surface area contributed by atoms with Crippen LogP contribution in [-0.4, -0.2) is 13.2 Å². The molecule has 0 amide bonds. The molecular formula is C17H27NO. The fourth-order valence-electron chi connectivity index (χ4n) is 1.99. The van der Waals surface area contributed by atoms with E-state index in [4.69, 9.17) is 4.74 Å². The molecule has 2 heteroatoms. The average Bonchev–Trinajstić information content (AvgIpc) is 2.44. The Balaban J connectivity index is 2.16. The Kier molecular flexibility index (Phi) is 8.82. The highest BCUT2D eigenvalue weighted by molar-refractivity contribution is 5.28. The number of hydrogen-bond acceptors (Lipinski definition) is 2. The SMILES string of the molecule is C=CCOc1cccc(CNCCCCCCC)c1. The molecule has 0 saturated heterocycles. The molecule has 0 aliphatic rings. The second kappa shape index (κ2) is 10.6. The lowest BCUT2D eigenvalue weighted by atomic mass is 10.1. The third kappa shape index (κ3) is 7.68. The standard InChI is InChI=1S/C17H27NO/c1-3-5-6-7-8-12-18-15-16-10-9-11-17(14-16)19-13-4-2/h4,9-11,14,18H,2-3,5-8,12-13,15H2,1H3. The second-order valence-corrected chi connectivity index (χ2v) is 4.84. The van der Waals surface area contributed by atoms with Crippen LogP contribution in [0.4, 0.5) is 0 Å². The van der Waals surface area contributed by atoms with Gasteiger partial charge in [-0.05, 0) is 30.7 Å². The predicted molar refractivity (Wildman–Crippen MR) is 82.6 cm³/mol. The van der Waals surface area contributed by atoms with Gasteiger partial charge in [0.1, 0.15) is 12.4 Å². The van der Waals surface area contributed by atoms with Crippen molar-refractivity contribution in [2.45, 2.75) is 45.6 Å². The highest BCUT2D eigenvalue weighted by atomic mass is 16.5. The molecular weight excluding hydrogens is 234 g/mol. The smallest absolute Gasteiger partial charge is 0.120 e. The summed E-state index contributed by atoms with van der Waals surface area (Å²) in [5.74, 6) is 0.919. The van der Waals surface area contributed by atoms with Gasteiger partial charge in [-0.15, -0.1) is 0 Å². The molecule has 1 aromatic carbocycles. The Hall–Kier alpha value is -1.28. The minimum absolute atomic E-state index is 0.564. The van der Waals surface area contributed by atoms with Gasteiger partial charge in [0.05, 0.1) is 0 Å². The topological polar surface area (TPSA) is 21.3 Å². The van der Waals surface area contributed by atoms with Crippen LogP contribution in [0.3, 0.4) is 0 Å². The Labute approximate surface area is 117 Å². The van der Waals surface area contributed by atoms with Crippen molar-refractivity contribution >= 4 is 0 Å². The first kappa shape index (κ1) is 15.8. The predicted octanol–water partition coefficient (Wildman–Crippen LogP) is 4.31. The van der Waals surface area contributed by atoms with E-state index in [9.17, 15) is 0 Å². The van der Waals surface area contributed by atoms with Crippen molar-refractivity contribution in [1.82, 2.24) is 5.32 Å². The Morgan fingerprint density at radius 3 is 2.84 bits per heavy atom. The van der Waals surface area contributed by atoms with Crippen molar-refractivity contribution in [2.24, 2.45) is 0 Å². The van der Waals surface area contributed by atoms with Crippen molar-refractivity contribution in [3.8, 4) is 5.75 Å². The van der Waals surface area contributed by atoms with Gasteiger partial charge < -0.3 is 10.1 Å². The minimum atomic E-state index is 0.564. The van der Waals surface area contributed by atoms with Crippen LogP contribution in [0.25, 0.3) is 0 Å². The summed E-state index contributed by atoms with van der Waals surface area (Å²) in [5, 5.41) is 3.49. The molecule has 1 aromatic rings. The summed E-state index contributed by atoms with van der Waals surface area (Å²) in [6.07, 6.45) is 8.41. The molecule has 0 aliphatic heterocycles. The molecule has 1 rings (SSSR count). The monoisotopic (exact) mass is 261 g/mol. The number of unbranched alkanes of at least 4 members (excludes halogenated alkanes) is 4. The number of nitrogens with one attached hydrogen (secondary N) is 1. The number of rotatable bonds is 11. The molecule has 106 valence electrons. The summed E-state index contributed by atoms with van der Waals surface area (Å²) < 4.78 is 5.52. The van der Waals surface area contributed by atoms with E-state index in [0.29, 0.717) is 6.61 Å². The van der Waals surface area contributed by atoms with E-state index in [-0.39, 0.29) is 0 Å². The fraction of sp³-hybridized carbons (Fsp3) is 0.529. The van der Waals surface area contributed by atoms with Crippen LogP contribution in [0.15, 0.2) is 36.9 Å². The van der Waals surface area contributed by atoms with Gasteiger partial charge in [0, 0.05) is 6.54 Å². The maximum atomic E-state index is 5.52. The molecule has 0 saturated carbocycles. The molecule has 0 radical (unpaired) electrons. The summed E-state index contributed by atoms with van der Waals surface area (Å²) in [6, 6.07) is 8.24. The Morgan fingerprint density at radius 1 is 1.21 bits per heavy atom. The summed E-state index contributed by atoms with van der Waals surface area (Å²) in [5.41, 5.74) is 1.27. The number of benzene rings is 1. The van der Waals surface area contributed by atoms with Crippen molar-refractivity contribution in [3.05, 3.63) is 42.5 Å². The summed E-state index contributed by atoms with van der Waals surface area (Å²) in [6.45, 7) is 8.48. The maximum absolute atomic E-state index is 5.52. The third-order valence-electron chi connectivity index (χ3n) is 3.05. The van der Waals surface area contributed by atoms with Gasteiger partial charge in [-0.2, -0.15) is 0 Å². The lowest BCUT2D eigenvalue weighted by molar-refractivity contribution is 0.362. The van der Waals surface area contributed by atoms with Crippen LogP contribution >= 0.6 is 0 Å². The van der Waals surface area contributed by atoms with Crippen LogP contribution in [0, 0.1) is 0 Å². The van der Waals surface area contributed by atoms with Crippen molar-refractivity contribution in [1.29, 1.82) is 0 Å². The van der Waals surface area contributed by atoms with Crippen LogP contribution in [0.5, 0.6) is 5.75 Å². The molecule has 19 heavy (non-hydrogen) atoms. The zero-order valence-corrected chi connectivity index (χ0v) is 12.2. The summed E-state index contributed by atoms with van der Waals surface area (Å²) >= 11 is 0. The summed E-state index contributed by atoms with van der Waals surface area (Å²) in [7, 11) is 0. The van der Waals surface area contributed by atoms with E-state index in [0.717, 1.165) is 18.8 Å². The van der Waals surface area contributed by atoms with Gasteiger partial charge in [0.25, 0.3) is 0 Å². The molecule has 2 nitrogen and oxygen atoms in total. The second-order valence-electron chi connectivity index (χ2n) is 4.84. The molecule has 1 N–H and O–H groups in total. The molecule has 0 heterocycles. The third-order valence-corrected chi connectivity index (χ3v) is 3.05. The van der Waals surface area contributed by atoms with Gasteiger partial charge in [-0.3, -0.25) is 0 Å². The first-order valence-corrected chi connectivity index (χ1v) is 7.40. The molecule has 0 spiro atoms. The van der Waals surface area contributed by atoms with Crippen molar-refractivity contribution in [2.75, 3.05) is 13.2 Å². The van der Waals surface area contributed by atoms with Crippen LogP contribution in [0.1, 0.15) is 44.6 Å². The number of hydrogen-bond donors (Lipinski definition) is 1. The highest BCUT2D eigenvalue weighted by Crippen LogP contribution is 2.13. The molecule has 0 atom stereocenters. The Bertz CT molecular complexity index is 349. The maximum Gasteiger partial charge on any atom is 0.120 e. The molecule has 0 bridgehead atoms. The van der Waals surface area contributed by atoms with Crippen molar-refractivity contribution in [3.63, 3.8) is 0 Å². The zero-order valence-electron chi connectivity index (χ0n) is 12.2. The van der Waals surface area contributed by atoms with Crippen LogP contribution in [-0.2, 0) is 6.54 Å². The van der Waals surface area contributed by atoms with E-state index in [1.807, 2.05) is 12.1 Å². The van der Waals surface area contributed by atoms with E-state index in [2.05, 4.69) is 31.0 Å². The normalized spacial score (nSPS) is 10.4. The summed E-state index contributed by atoms with van der Waals surface area (Å²) in [4.78, 5) is 0. The van der Waals surface area contributed by atoms with Crippen LogP contribution in [0.2, 0.25) is 0 Å². The van der Waals surface area contributed by atoms with E-state index in [1.54, 1.807) is 6.08 Å². The van der Waals surface area contributed by atoms with Gasteiger partial charge in [0.15, 0.2) is 0 Å². The quantitative estimate of drug-likeness (QED) is 0.473. The average molecular weight is 261 g/mol. The van der Waals surface area contributed by atoms with Gasteiger partial charge in [-0.1, -0.05) is 57.4 Å². The Morgan fingerprint density at radius 2 is 2.05 bits per heavy atom. The largest absolute Gasteiger partial charge is 0.490 e. The zero-order chi connectivity index (χ0) is 13.8. The van der Waals surface area contributed by atoms with E-state index < -0.39 is 0 Å². The van der Waals surface area contributed by atoms with Gasteiger partial charge in [-0.25, -0.2) is 0 Å². The highest BCUT2D eigenvalue weighted by Gasteiger charge is 1.96. The van der Waals surface area contributed by atoms with Crippen molar-refractivity contribution < 1.29 is 4.74 Å². The molecule has 0 aliphatic carbocycles. The lowest BCUT2D eigenvalue weighted by Gasteiger charge is -2.07. The molecule has 0 aromatic heterocycles. The van der Waals surface area contributed by atoms with E-state index in [1.165, 1.54) is 37.7 Å². The van der Waals surface area contributed by atoms with Gasteiger partial charge >= 0.3 is 0 Å². The van der Waals surface area contributed by atoms with Gasteiger partial charge in [0.2, 0.25) is 0 Å². The molecule has 0 fully saturated rings. The first-order valence-electron chi connectivity index (χ1n) is 7.40. The van der Waals surface area contributed by atoms with Crippen LogP contribution < -0.4 is 10.1 Å². The van der Waals surface area contributed by atoms with E-state index >= 15 is 0 Å².